The molecule has 0 spiro atoms. The Hall–Kier alpha value is -2.01. The summed E-state index contributed by atoms with van der Waals surface area (Å²) in [5, 5.41) is 11.2. The maximum Gasteiger partial charge on any atom is 0.155 e. The molecule has 1 aliphatic rings. The van der Waals surface area contributed by atoms with Crippen molar-refractivity contribution in [2.24, 2.45) is 0 Å². The second-order valence-electron chi connectivity index (χ2n) is 6.18. The summed E-state index contributed by atoms with van der Waals surface area (Å²) in [6, 6.07) is 19.3. The van der Waals surface area contributed by atoms with E-state index in [1.165, 1.54) is 0 Å². The molecule has 0 radical (unpaired) electrons. The summed E-state index contributed by atoms with van der Waals surface area (Å²) in [6.07, 6.45) is 1.52. The fourth-order valence-corrected chi connectivity index (χ4v) is 3.13. The SMILES string of the molecule is O=C(CCc1ccccc1)[C@H]1[C@@H](OCc2ccccc2)CCN1O. The fraction of sp³-hybridized carbons (Fsp3) is 0.350. The highest BCUT2D eigenvalue weighted by Crippen LogP contribution is 2.23. The lowest BCUT2D eigenvalue weighted by Crippen LogP contribution is -2.41. The predicted octanol–water partition coefficient (Wildman–Crippen LogP) is 3.24. The van der Waals surface area contributed by atoms with E-state index in [4.69, 9.17) is 4.74 Å². The van der Waals surface area contributed by atoms with E-state index in [2.05, 4.69) is 0 Å². The Bertz CT molecular complexity index is 644. The van der Waals surface area contributed by atoms with Gasteiger partial charge in [-0.1, -0.05) is 60.7 Å². The van der Waals surface area contributed by atoms with Gasteiger partial charge in [0, 0.05) is 13.0 Å². The molecular weight excluding hydrogens is 302 g/mol. The van der Waals surface area contributed by atoms with Gasteiger partial charge in [0.25, 0.3) is 0 Å². The largest absolute Gasteiger partial charge is 0.371 e. The van der Waals surface area contributed by atoms with Crippen LogP contribution in [0.3, 0.4) is 0 Å². The number of nitrogens with zero attached hydrogens (tertiary/aromatic N) is 1. The molecule has 126 valence electrons. The molecule has 4 nitrogen and oxygen atoms in total. The van der Waals surface area contributed by atoms with Crippen molar-refractivity contribution in [3.63, 3.8) is 0 Å². The molecule has 1 fully saturated rings. The highest BCUT2D eigenvalue weighted by atomic mass is 16.5. The average Bonchev–Trinajstić information content (AvgIpc) is 3.00. The van der Waals surface area contributed by atoms with Crippen molar-refractivity contribution in [3.8, 4) is 0 Å². The van der Waals surface area contributed by atoms with Gasteiger partial charge >= 0.3 is 0 Å². The Morgan fingerprint density at radius 1 is 1.04 bits per heavy atom. The van der Waals surface area contributed by atoms with E-state index < -0.39 is 6.04 Å². The molecule has 4 heteroatoms. The van der Waals surface area contributed by atoms with Crippen LogP contribution in [-0.2, 0) is 22.6 Å². The third-order valence-corrected chi connectivity index (χ3v) is 4.46. The molecule has 2 aromatic rings. The number of carbonyl (C=O) groups is 1. The van der Waals surface area contributed by atoms with Gasteiger partial charge in [-0.25, -0.2) is 0 Å². The zero-order valence-electron chi connectivity index (χ0n) is 13.7. The predicted molar refractivity (Wildman–Crippen MR) is 91.7 cm³/mol. The normalized spacial score (nSPS) is 21.0. The molecule has 1 saturated heterocycles. The molecule has 0 amide bonds. The molecule has 2 aromatic carbocycles. The minimum atomic E-state index is -0.558. The second-order valence-corrected chi connectivity index (χ2v) is 6.18. The summed E-state index contributed by atoms with van der Waals surface area (Å²) in [7, 11) is 0. The third-order valence-electron chi connectivity index (χ3n) is 4.46. The monoisotopic (exact) mass is 325 g/mol. The third kappa shape index (κ3) is 4.29. The van der Waals surface area contributed by atoms with Crippen molar-refractivity contribution in [1.29, 1.82) is 0 Å². The molecule has 3 rings (SSSR count). The van der Waals surface area contributed by atoms with Crippen LogP contribution in [0.15, 0.2) is 60.7 Å². The van der Waals surface area contributed by atoms with Crippen molar-refractivity contribution in [2.75, 3.05) is 6.54 Å². The zero-order chi connectivity index (χ0) is 16.8. The van der Waals surface area contributed by atoms with Gasteiger partial charge in [0.2, 0.25) is 0 Å². The molecule has 0 bridgehead atoms. The van der Waals surface area contributed by atoms with E-state index in [-0.39, 0.29) is 11.9 Å². The van der Waals surface area contributed by atoms with Crippen molar-refractivity contribution in [3.05, 3.63) is 71.8 Å². The molecule has 1 N–H and O–H groups in total. The van der Waals surface area contributed by atoms with Crippen molar-refractivity contribution < 1.29 is 14.7 Å². The minimum absolute atomic E-state index is 0.0388. The zero-order valence-corrected chi connectivity index (χ0v) is 13.7. The first-order valence-electron chi connectivity index (χ1n) is 8.42. The Kier molecular flexibility index (Phi) is 5.75. The number of benzene rings is 2. The second kappa shape index (κ2) is 8.20. The van der Waals surface area contributed by atoms with Crippen LogP contribution in [0.1, 0.15) is 24.0 Å². The Morgan fingerprint density at radius 3 is 2.33 bits per heavy atom. The molecule has 1 aliphatic heterocycles. The number of rotatable bonds is 7. The Labute approximate surface area is 142 Å². The van der Waals surface area contributed by atoms with Gasteiger partial charge in [-0.05, 0) is 24.0 Å². The van der Waals surface area contributed by atoms with Crippen LogP contribution in [0.2, 0.25) is 0 Å². The van der Waals surface area contributed by atoms with E-state index in [9.17, 15) is 10.0 Å². The number of ether oxygens (including phenoxy) is 1. The van der Waals surface area contributed by atoms with Gasteiger partial charge in [-0.2, -0.15) is 5.06 Å². The number of hydrogen-bond acceptors (Lipinski definition) is 4. The van der Waals surface area contributed by atoms with Crippen LogP contribution in [0.4, 0.5) is 0 Å². The first-order valence-corrected chi connectivity index (χ1v) is 8.42. The van der Waals surface area contributed by atoms with Crippen LogP contribution in [-0.4, -0.2) is 34.7 Å². The maximum atomic E-state index is 12.6. The first-order chi connectivity index (χ1) is 11.7. The number of ketones is 1. The minimum Gasteiger partial charge on any atom is -0.371 e. The van der Waals surface area contributed by atoms with Gasteiger partial charge in [-0.3, -0.25) is 4.79 Å². The summed E-state index contributed by atoms with van der Waals surface area (Å²) in [4.78, 5) is 12.6. The quantitative estimate of drug-likeness (QED) is 0.849. The standard InChI is InChI=1S/C20H23NO3/c22-18(12-11-16-7-3-1-4-8-16)20-19(13-14-21(20)23)24-15-17-9-5-2-6-10-17/h1-10,19-20,23H,11-15H2/t19-,20-/m0/s1. The molecule has 2 atom stereocenters. The number of aryl methyl sites for hydroxylation is 1. The van der Waals surface area contributed by atoms with E-state index in [1.54, 1.807) is 0 Å². The van der Waals surface area contributed by atoms with E-state index in [1.807, 2.05) is 60.7 Å². The molecule has 0 saturated carbocycles. The molecular formula is C20H23NO3. The molecule has 0 aliphatic carbocycles. The van der Waals surface area contributed by atoms with Crippen LogP contribution in [0, 0.1) is 0 Å². The van der Waals surface area contributed by atoms with Crippen LogP contribution in [0.5, 0.6) is 0 Å². The van der Waals surface area contributed by atoms with Crippen molar-refractivity contribution in [2.45, 2.75) is 38.0 Å². The lowest BCUT2D eigenvalue weighted by Gasteiger charge is -2.22. The van der Waals surface area contributed by atoms with Crippen LogP contribution in [0.25, 0.3) is 0 Å². The number of hydroxylamine groups is 2. The summed E-state index contributed by atoms with van der Waals surface area (Å²) < 4.78 is 5.92. The molecule has 24 heavy (non-hydrogen) atoms. The molecule has 0 unspecified atom stereocenters. The highest BCUT2D eigenvalue weighted by Gasteiger charge is 2.39. The summed E-state index contributed by atoms with van der Waals surface area (Å²) in [5.41, 5.74) is 2.21. The lowest BCUT2D eigenvalue weighted by atomic mass is 10.0. The first kappa shape index (κ1) is 16.8. The summed E-state index contributed by atoms with van der Waals surface area (Å²) in [6.45, 7) is 0.934. The van der Waals surface area contributed by atoms with Gasteiger partial charge in [0.05, 0.1) is 12.7 Å². The van der Waals surface area contributed by atoms with Gasteiger partial charge in [-0.15, -0.1) is 0 Å². The van der Waals surface area contributed by atoms with Gasteiger partial charge in [0.15, 0.2) is 5.78 Å². The Morgan fingerprint density at radius 2 is 1.67 bits per heavy atom. The number of carbonyl (C=O) groups excluding carboxylic acids is 1. The highest BCUT2D eigenvalue weighted by molar-refractivity contribution is 5.85. The summed E-state index contributed by atoms with van der Waals surface area (Å²) >= 11 is 0. The molecule has 0 aromatic heterocycles. The number of hydrogen-bond donors (Lipinski definition) is 1. The van der Waals surface area contributed by atoms with E-state index >= 15 is 0 Å². The van der Waals surface area contributed by atoms with E-state index in [0.29, 0.717) is 32.4 Å². The van der Waals surface area contributed by atoms with Crippen LogP contribution < -0.4 is 0 Å². The maximum absolute atomic E-state index is 12.6. The van der Waals surface area contributed by atoms with Gasteiger partial charge < -0.3 is 9.94 Å². The topological polar surface area (TPSA) is 49.8 Å². The summed E-state index contributed by atoms with van der Waals surface area (Å²) in [5.74, 6) is 0.0388. The lowest BCUT2D eigenvalue weighted by molar-refractivity contribution is -0.153. The van der Waals surface area contributed by atoms with Crippen LogP contribution >= 0.6 is 0 Å². The van der Waals surface area contributed by atoms with Crippen molar-refractivity contribution in [1.82, 2.24) is 5.06 Å². The van der Waals surface area contributed by atoms with Gasteiger partial charge in [0.1, 0.15) is 6.04 Å². The smallest absolute Gasteiger partial charge is 0.155 e. The average molecular weight is 325 g/mol. The number of Topliss-reactive ketones (excluding diaryl/α,β-unsaturated/α-hetero) is 1. The van der Waals surface area contributed by atoms with E-state index in [0.717, 1.165) is 16.2 Å². The Balaban J connectivity index is 1.56. The van der Waals surface area contributed by atoms with Crippen molar-refractivity contribution >= 4 is 5.78 Å². The molecule has 1 heterocycles. The fourth-order valence-electron chi connectivity index (χ4n) is 3.13.